The molecule has 0 bridgehead atoms. The third kappa shape index (κ3) is 5.54. The van der Waals surface area contributed by atoms with Gasteiger partial charge in [-0.15, -0.1) is 0 Å². The van der Waals surface area contributed by atoms with E-state index in [9.17, 15) is 44.3 Å². The van der Waals surface area contributed by atoms with Crippen LogP contribution < -0.4 is 4.31 Å². The van der Waals surface area contributed by atoms with Crippen LogP contribution in [0.5, 0.6) is 0 Å². The molecule has 4 aromatic rings. The average Bonchev–Trinajstić information content (AvgIpc) is 2.96. The second kappa shape index (κ2) is 11.2. The number of hydrogen-bond acceptors (Lipinski definition) is 7. The minimum Gasteiger partial charge on any atom is -0.431 e. The highest BCUT2D eigenvalue weighted by atomic mass is 32.2. The molecule has 0 fully saturated rings. The molecule has 15 heteroatoms. The van der Waals surface area contributed by atoms with Crippen molar-refractivity contribution in [2.24, 2.45) is 0 Å². The quantitative estimate of drug-likeness (QED) is 0.196. The lowest BCUT2D eigenvalue weighted by Crippen LogP contribution is -2.56. The van der Waals surface area contributed by atoms with Crippen LogP contribution in [0.3, 0.4) is 0 Å². The van der Waals surface area contributed by atoms with E-state index in [4.69, 9.17) is 0 Å². The molecule has 0 unspecified atom stereocenters. The maximum Gasteiger partial charge on any atom is 0.442 e. The molecule has 2 heterocycles. The fraction of sp³-hybridized carbons (Fsp3) is 0.111. The van der Waals surface area contributed by atoms with Gasteiger partial charge in [0, 0.05) is 35.9 Å². The summed E-state index contributed by atoms with van der Waals surface area (Å²) in [5.74, 6) is -3.12. The van der Waals surface area contributed by atoms with Crippen LogP contribution in [-0.4, -0.2) is 42.6 Å². The predicted octanol–water partition coefficient (Wildman–Crippen LogP) is 5.69. The van der Waals surface area contributed by atoms with Gasteiger partial charge in [-0.2, -0.15) is 30.6 Å². The normalized spacial score (nSPS) is 12.4. The molecule has 0 aliphatic heterocycles. The van der Waals surface area contributed by atoms with Crippen LogP contribution in [0.25, 0.3) is 0 Å². The number of anilines is 1. The molecule has 0 aliphatic carbocycles. The number of nitrogens with zero attached hydrogens (tertiary/aromatic N) is 3. The Hall–Kier alpha value is -4.79. The molecular weight excluding hydrogens is 592 g/mol. The van der Waals surface area contributed by atoms with Gasteiger partial charge in [0.15, 0.2) is 0 Å². The summed E-state index contributed by atoms with van der Waals surface area (Å²) in [4.78, 5) is 32.7. The summed E-state index contributed by atoms with van der Waals surface area (Å²) in [6, 6.07) is 12.2. The van der Waals surface area contributed by atoms with Crippen molar-refractivity contribution in [3.8, 4) is 0 Å². The highest BCUT2D eigenvalue weighted by Crippen LogP contribution is 2.53. The van der Waals surface area contributed by atoms with Crippen molar-refractivity contribution in [2.45, 2.75) is 22.8 Å². The Morgan fingerprint density at radius 1 is 0.667 bits per heavy atom. The van der Waals surface area contributed by atoms with Crippen LogP contribution in [-0.2, 0) is 20.4 Å². The number of carbonyl (C=O) groups excluding carboxylic acids is 2. The fourth-order valence-electron chi connectivity index (χ4n) is 3.85. The Morgan fingerprint density at radius 3 is 1.62 bits per heavy atom. The topological polar surface area (TPSA) is 107 Å². The summed E-state index contributed by atoms with van der Waals surface area (Å²) < 4.78 is 117. The van der Waals surface area contributed by atoms with E-state index in [1.165, 1.54) is 42.7 Å². The van der Waals surface area contributed by atoms with E-state index in [-0.39, 0.29) is 26.9 Å². The Morgan fingerprint density at radius 2 is 1.14 bits per heavy atom. The number of amides is 1. The largest absolute Gasteiger partial charge is 0.442 e. The zero-order valence-corrected chi connectivity index (χ0v) is 21.7. The fourth-order valence-corrected chi connectivity index (χ4v) is 5.29. The third-order valence-corrected chi connectivity index (χ3v) is 7.59. The van der Waals surface area contributed by atoms with Gasteiger partial charge >= 0.3 is 23.9 Å². The molecule has 42 heavy (non-hydrogen) atoms. The molecule has 1 amide bonds. The van der Waals surface area contributed by atoms with Crippen LogP contribution in [0.1, 0.15) is 26.3 Å². The number of alkyl halides is 6. The Labute approximate surface area is 234 Å². The van der Waals surface area contributed by atoms with Crippen molar-refractivity contribution < 1.29 is 49.1 Å². The molecule has 0 radical (unpaired) electrons. The monoisotopic (exact) mass is 609 g/mol. The van der Waals surface area contributed by atoms with Crippen LogP contribution in [0.4, 0.5) is 32.0 Å². The molecule has 2 aromatic heterocycles. The lowest BCUT2D eigenvalue weighted by molar-refractivity contribution is -0.373. The summed E-state index contributed by atoms with van der Waals surface area (Å²) >= 11 is 0. The molecule has 4 rings (SSSR count). The molecule has 218 valence electrons. The highest BCUT2D eigenvalue weighted by molar-refractivity contribution is 7.93. The second-order valence-corrected chi connectivity index (χ2v) is 10.3. The minimum absolute atomic E-state index is 0.195. The van der Waals surface area contributed by atoms with E-state index < -0.39 is 56.7 Å². The Balaban J connectivity index is 1.87. The average molecular weight is 610 g/mol. The predicted molar refractivity (Wildman–Crippen MR) is 135 cm³/mol. The zero-order valence-electron chi connectivity index (χ0n) is 20.9. The summed E-state index contributed by atoms with van der Waals surface area (Å²) in [5, 5.41) is 0. The highest BCUT2D eigenvalue weighted by Gasteiger charge is 2.75. The first-order valence-corrected chi connectivity index (χ1v) is 13.1. The number of halogens is 6. The molecular formula is C27H17F6N3O5S. The van der Waals surface area contributed by atoms with E-state index in [0.29, 0.717) is 12.1 Å². The standard InChI is InChI=1S/C27H17F6N3O5S/c28-26(29,30)25(27(31,32)33,41-24(38)19-12-16-35-17-13-19)20-6-8-21(9-7-20)36(23(37)18-10-14-34-15-11-18)42(39,40)22-4-2-1-3-5-22/h1-17H. The molecule has 0 spiro atoms. The van der Waals surface area contributed by atoms with E-state index in [1.807, 2.05) is 0 Å². The van der Waals surface area contributed by atoms with Gasteiger partial charge < -0.3 is 4.74 Å². The first-order chi connectivity index (χ1) is 19.7. The van der Waals surface area contributed by atoms with Crippen molar-refractivity contribution in [1.29, 1.82) is 0 Å². The SMILES string of the molecule is O=C(OC(c1ccc(N(C(=O)c2ccncc2)S(=O)(=O)c2ccccc2)cc1)(C(F)(F)F)C(F)(F)F)c1ccncc1. The van der Waals surface area contributed by atoms with Gasteiger partial charge in [0.05, 0.1) is 16.1 Å². The van der Waals surface area contributed by atoms with Gasteiger partial charge in [0.2, 0.25) is 0 Å². The lowest BCUT2D eigenvalue weighted by atomic mass is 9.91. The molecule has 0 aliphatic rings. The summed E-state index contributed by atoms with van der Waals surface area (Å²) in [6.45, 7) is 0. The maximum atomic E-state index is 14.3. The van der Waals surface area contributed by atoms with Crippen molar-refractivity contribution in [3.63, 3.8) is 0 Å². The number of aromatic nitrogens is 2. The Kier molecular flexibility index (Phi) is 8.07. The van der Waals surface area contributed by atoms with Gasteiger partial charge in [-0.3, -0.25) is 14.8 Å². The first-order valence-electron chi connectivity index (χ1n) is 11.6. The summed E-state index contributed by atoms with van der Waals surface area (Å²) in [5.41, 5.74) is -8.18. The number of pyridine rings is 2. The van der Waals surface area contributed by atoms with Gasteiger partial charge in [0.1, 0.15) is 0 Å². The molecule has 0 saturated carbocycles. The van der Waals surface area contributed by atoms with Crippen LogP contribution >= 0.6 is 0 Å². The molecule has 2 aromatic carbocycles. The van der Waals surface area contributed by atoms with E-state index in [1.54, 1.807) is 0 Å². The van der Waals surface area contributed by atoms with Crippen molar-refractivity contribution in [3.05, 3.63) is 120 Å². The van der Waals surface area contributed by atoms with E-state index >= 15 is 0 Å². The van der Waals surface area contributed by atoms with Gasteiger partial charge in [-0.1, -0.05) is 30.3 Å². The maximum absolute atomic E-state index is 14.3. The second-order valence-electron chi connectivity index (χ2n) is 8.47. The van der Waals surface area contributed by atoms with Crippen molar-refractivity contribution in [1.82, 2.24) is 9.97 Å². The van der Waals surface area contributed by atoms with Crippen molar-refractivity contribution in [2.75, 3.05) is 4.31 Å². The van der Waals surface area contributed by atoms with Gasteiger partial charge in [-0.05, 0) is 48.5 Å². The number of carbonyl (C=O) groups is 2. The molecule has 0 saturated heterocycles. The number of benzene rings is 2. The zero-order chi connectivity index (χ0) is 30.8. The van der Waals surface area contributed by atoms with E-state index in [0.717, 1.165) is 36.7 Å². The Bertz CT molecular complexity index is 1650. The van der Waals surface area contributed by atoms with Gasteiger partial charge in [0.25, 0.3) is 15.9 Å². The first kappa shape index (κ1) is 30.2. The number of ether oxygens (including phenoxy) is 1. The summed E-state index contributed by atoms with van der Waals surface area (Å²) in [6.07, 6.45) is -8.15. The van der Waals surface area contributed by atoms with E-state index in [2.05, 4.69) is 14.7 Å². The molecule has 0 atom stereocenters. The third-order valence-electron chi connectivity index (χ3n) is 5.86. The van der Waals surface area contributed by atoms with Crippen LogP contribution in [0.15, 0.2) is 109 Å². The molecule has 8 nitrogen and oxygen atoms in total. The van der Waals surface area contributed by atoms with Crippen molar-refractivity contribution >= 4 is 27.6 Å². The minimum atomic E-state index is -6.22. The number of rotatable bonds is 7. The summed E-state index contributed by atoms with van der Waals surface area (Å²) in [7, 11) is -4.73. The smallest absolute Gasteiger partial charge is 0.431 e. The van der Waals surface area contributed by atoms with Crippen LogP contribution in [0.2, 0.25) is 0 Å². The lowest BCUT2D eigenvalue weighted by Gasteiger charge is -2.37. The van der Waals surface area contributed by atoms with Crippen LogP contribution in [0, 0.1) is 0 Å². The number of sulfonamides is 1. The number of esters is 1. The van der Waals surface area contributed by atoms with Gasteiger partial charge in [-0.25, -0.2) is 13.2 Å². The molecule has 0 N–H and O–H groups in total. The number of hydrogen-bond donors (Lipinski definition) is 0.